The van der Waals surface area contributed by atoms with Gasteiger partial charge in [-0.3, -0.25) is 14.5 Å². The molecule has 0 radical (unpaired) electrons. The number of benzene rings is 1. The molecule has 0 spiro atoms. The Hall–Kier alpha value is -2.49. The van der Waals surface area contributed by atoms with Crippen LogP contribution in [0.15, 0.2) is 29.2 Å². The number of Topliss-reactive ketones (excluding diaryl/α,β-unsaturated/α-hetero) is 1. The first kappa shape index (κ1) is 24.2. The fourth-order valence-corrected chi connectivity index (χ4v) is 5.07. The molecule has 1 fully saturated rings. The van der Waals surface area contributed by atoms with Crippen LogP contribution in [0.3, 0.4) is 0 Å². The summed E-state index contributed by atoms with van der Waals surface area (Å²) in [5, 5.41) is 0. The molecule has 0 N–H and O–H groups in total. The van der Waals surface area contributed by atoms with Crippen LogP contribution in [0.4, 0.5) is 0 Å². The first-order chi connectivity index (χ1) is 14.9. The molecule has 2 aromatic rings. The van der Waals surface area contributed by atoms with Gasteiger partial charge in [-0.25, -0.2) is 12.7 Å². The Bertz CT molecular complexity index is 1140. The molecule has 0 saturated carbocycles. The molecule has 2 heterocycles. The van der Waals surface area contributed by atoms with E-state index >= 15 is 0 Å². The van der Waals surface area contributed by atoms with E-state index in [0.717, 1.165) is 21.3 Å². The van der Waals surface area contributed by atoms with Crippen LogP contribution in [0.25, 0.3) is 0 Å². The molecule has 174 valence electrons. The summed E-state index contributed by atoms with van der Waals surface area (Å²) in [7, 11) is 1.27. The molecule has 1 aromatic heterocycles. The Balaban J connectivity index is 1.66. The van der Waals surface area contributed by atoms with Crippen LogP contribution >= 0.6 is 0 Å². The summed E-state index contributed by atoms with van der Waals surface area (Å²) >= 11 is 0. The van der Waals surface area contributed by atoms with Gasteiger partial charge in [-0.2, -0.15) is 0 Å². The van der Waals surface area contributed by atoms with Gasteiger partial charge in [-0.15, -0.1) is 0 Å². The minimum absolute atomic E-state index is 0.0862. The highest BCUT2D eigenvalue weighted by molar-refractivity contribution is 7.89. The average Bonchev–Trinajstić information content (AvgIpc) is 3.01. The first-order valence-electron chi connectivity index (χ1n) is 10.6. The Labute approximate surface area is 190 Å². The lowest BCUT2D eigenvalue weighted by Crippen LogP contribution is -2.50. The Morgan fingerprint density at radius 3 is 2.16 bits per heavy atom. The third-order valence-corrected chi connectivity index (χ3v) is 8.25. The zero-order chi connectivity index (χ0) is 23.8. The van der Waals surface area contributed by atoms with Crippen molar-refractivity contribution in [3.63, 3.8) is 0 Å². The molecular formula is C23H32N4O4S. The Morgan fingerprint density at radius 1 is 1.00 bits per heavy atom. The molecule has 1 saturated heterocycles. The molecule has 1 aromatic carbocycles. The van der Waals surface area contributed by atoms with E-state index in [0.29, 0.717) is 43.9 Å². The zero-order valence-electron chi connectivity index (χ0n) is 19.7. The first-order valence-corrected chi connectivity index (χ1v) is 12.1. The number of sulfonamides is 1. The van der Waals surface area contributed by atoms with Gasteiger partial charge in [0.05, 0.1) is 11.4 Å². The van der Waals surface area contributed by atoms with Crippen LogP contribution in [0.1, 0.15) is 37.7 Å². The lowest BCUT2D eigenvalue weighted by atomic mass is 10.1. The normalized spacial score (nSPS) is 15.4. The summed E-state index contributed by atoms with van der Waals surface area (Å²) in [5.41, 5.74) is 3.72. The van der Waals surface area contributed by atoms with Crippen molar-refractivity contribution in [3.05, 3.63) is 52.3 Å². The summed E-state index contributed by atoms with van der Waals surface area (Å²) in [4.78, 5) is 29.7. The van der Waals surface area contributed by atoms with Gasteiger partial charge in [0, 0.05) is 69.8 Å². The van der Waals surface area contributed by atoms with E-state index in [2.05, 4.69) is 4.90 Å². The van der Waals surface area contributed by atoms with Gasteiger partial charge in [0.25, 0.3) is 5.91 Å². The number of piperazine rings is 1. The maximum Gasteiger partial charge on any atom is 0.253 e. The number of hydrogen-bond donors (Lipinski definition) is 0. The molecule has 0 unspecified atom stereocenters. The maximum atomic E-state index is 13.0. The van der Waals surface area contributed by atoms with E-state index in [1.165, 1.54) is 20.2 Å². The van der Waals surface area contributed by atoms with Crippen LogP contribution in [0, 0.1) is 20.8 Å². The summed E-state index contributed by atoms with van der Waals surface area (Å²) in [6.45, 7) is 8.13. The number of carbonyl (C=O) groups is 2. The quantitative estimate of drug-likeness (QED) is 0.615. The van der Waals surface area contributed by atoms with Crippen molar-refractivity contribution in [2.75, 3.05) is 46.8 Å². The van der Waals surface area contributed by atoms with Crippen LogP contribution in [-0.4, -0.2) is 85.6 Å². The van der Waals surface area contributed by atoms with Crippen LogP contribution < -0.4 is 0 Å². The van der Waals surface area contributed by atoms with Gasteiger partial charge in [-0.1, -0.05) is 6.07 Å². The summed E-state index contributed by atoms with van der Waals surface area (Å²) < 4.78 is 28.3. The standard InChI is InChI=1S/C23H32N4O4S/c1-16-7-8-19(14-22(16)32(30,31)24(4)5)23(29)27-11-9-26(10-12-27)15-21(28)20-13-17(2)25(6)18(20)3/h7-8,13-14H,9-12,15H2,1-6H3. The fourth-order valence-electron chi connectivity index (χ4n) is 3.93. The minimum Gasteiger partial charge on any atom is -0.351 e. The monoisotopic (exact) mass is 460 g/mol. The van der Waals surface area contributed by atoms with Crippen molar-refractivity contribution in [3.8, 4) is 0 Å². The molecule has 1 aliphatic rings. The van der Waals surface area contributed by atoms with Gasteiger partial charge in [0.15, 0.2) is 5.78 Å². The van der Waals surface area contributed by atoms with Gasteiger partial charge < -0.3 is 9.47 Å². The van der Waals surface area contributed by atoms with Crippen LogP contribution in [0.5, 0.6) is 0 Å². The van der Waals surface area contributed by atoms with Crippen molar-refractivity contribution in [2.45, 2.75) is 25.7 Å². The number of aromatic nitrogens is 1. The predicted molar refractivity (Wildman–Crippen MR) is 124 cm³/mol. The molecular weight excluding hydrogens is 428 g/mol. The SMILES string of the molecule is Cc1ccc(C(=O)N2CCN(CC(=O)c3cc(C)n(C)c3C)CC2)cc1S(=O)(=O)N(C)C. The number of ketones is 1. The largest absolute Gasteiger partial charge is 0.351 e. The number of nitrogens with zero attached hydrogens (tertiary/aromatic N) is 4. The number of aryl methyl sites for hydroxylation is 2. The molecule has 3 rings (SSSR count). The van der Waals surface area contributed by atoms with Gasteiger partial charge in [0.1, 0.15) is 0 Å². The molecule has 1 aliphatic heterocycles. The number of hydrogen-bond acceptors (Lipinski definition) is 5. The van der Waals surface area contributed by atoms with E-state index in [1.54, 1.807) is 24.0 Å². The highest BCUT2D eigenvalue weighted by Crippen LogP contribution is 2.21. The predicted octanol–water partition coefficient (Wildman–Crippen LogP) is 1.84. The van der Waals surface area contributed by atoms with Crippen LogP contribution in [-0.2, 0) is 17.1 Å². The zero-order valence-corrected chi connectivity index (χ0v) is 20.5. The lowest BCUT2D eigenvalue weighted by Gasteiger charge is -2.34. The van der Waals surface area contributed by atoms with Crippen molar-refractivity contribution < 1.29 is 18.0 Å². The highest BCUT2D eigenvalue weighted by atomic mass is 32.2. The lowest BCUT2D eigenvalue weighted by molar-refractivity contribution is 0.0624. The molecule has 1 amide bonds. The summed E-state index contributed by atoms with van der Waals surface area (Å²) in [6.07, 6.45) is 0. The van der Waals surface area contributed by atoms with Gasteiger partial charge in [0.2, 0.25) is 10.0 Å². The molecule has 9 heteroatoms. The van der Waals surface area contributed by atoms with Crippen molar-refractivity contribution in [1.29, 1.82) is 0 Å². The number of rotatable bonds is 6. The highest BCUT2D eigenvalue weighted by Gasteiger charge is 2.27. The maximum absolute atomic E-state index is 13.0. The molecule has 32 heavy (non-hydrogen) atoms. The van der Waals surface area contributed by atoms with Crippen molar-refractivity contribution in [2.24, 2.45) is 7.05 Å². The minimum atomic E-state index is -3.63. The van der Waals surface area contributed by atoms with E-state index in [9.17, 15) is 18.0 Å². The third-order valence-electron chi connectivity index (χ3n) is 6.30. The van der Waals surface area contributed by atoms with Crippen LogP contribution in [0.2, 0.25) is 0 Å². The number of carbonyl (C=O) groups excluding carboxylic acids is 2. The molecule has 0 aliphatic carbocycles. The third kappa shape index (κ3) is 4.65. The Kier molecular flexibility index (Phi) is 6.92. The van der Waals surface area contributed by atoms with E-state index in [1.807, 2.05) is 31.5 Å². The van der Waals surface area contributed by atoms with Crippen molar-refractivity contribution >= 4 is 21.7 Å². The summed E-state index contributed by atoms with van der Waals surface area (Å²) in [5.74, 6) is -0.108. The average molecular weight is 461 g/mol. The molecule has 0 bridgehead atoms. The fraction of sp³-hybridized carbons (Fsp3) is 0.478. The van der Waals surface area contributed by atoms with E-state index < -0.39 is 10.0 Å². The second kappa shape index (κ2) is 9.17. The second-order valence-corrected chi connectivity index (χ2v) is 10.7. The van der Waals surface area contributed by atoms with Crippen molar-refractivity contribution in [1.82, 2.24) is 18.7 Å². The van der Waals surface area contributed by atoms with E-state index in [-0.39, 0.29) is 16.6 Å². The topological polar surface area (TPSA) is 82.9 Å². The Morgan fingerprint density at radius 2 is 1.62 bits per heavy atom. The smallest absolute Gasteiger partial charge is 0.253 e. The molecule has 8 nitrogen and oxygen atoms in total. The molecule has 0 atom stereocenters. The second-order valence-electron chi connectivity index (χ2n) is 8.60. The van der Waals surface area contributed by atoms with Gasteiger partial charge in [-0.05, 0) is 44.5 Å². The summed E-state index contributed by atoms with van der Waals surface area (Å²) in [6, 6.07) is 6.73. The van der Waals surface area contributed by atoms with E-state index in [4.69, 9.17) is 0 Å². The number of amides is 1. The van der Waals surface area contributed by atoms with Gasteiger partial charge >= 0.3 is 0 Å².